The van der Waals surface area contributed by atoms with Crippen LogP contribution in [0.2, 0.25) is 0 Å². The van der Waals surface area contributed by atoms with Gasteiger partial charge < -0.3 is 4.90 Å². The first kappa shape index (κ1) is 14.1. The highest BCUT2D eigenvalue weighted by molar-refractivity contribution is 5.54. The van der Waals surface area contributed by atoms with Crippen molar-refractivity contribution >= 4 is 5.69 Å². The number of benzene rings is 1. The van der Waals surface area contributed by atoms with E-state index in [1.54, 1.807) is 0 Å². The van der Waals surface area contributed by atoms with Gasteiger partial charge in [-0.25, -0.2) is 0 Å². The molecule has 0 bridgehead atoms. The number of rotatable bonds is 6. The molecule has 1 nitrogen and oxygen atoms in total. The summed E-state index contributed by atoms with van der Waals surface area (Å²) < 4.78 is 0. The molecule has 0 amide bonds. The van der Waals surface area contributed by atoms with Gasteiger partial charge in [-0.15, -0.1) is 0 Å². The van der Waals surface area contributed by atoms with E-state index in [1.807, 2.05) is 0 Å². The molecule has 0 aromatic heterocycles. The molecule has 0 saturated carbocycles. The first-order chi connectivity index (χ1) is 8.08. The van der Waals surface area contributed by atoms with Crippen molar-refractivity contribution in [3.63, 3.8) is 0 Å². The van der Waals surface area contributed by atoms with Crippen LogP contribution >= 0.6 is 0 Å². The van der Waals surface area contributed by atoms with Crippen LogP contribution in [0.4, 0.5) is 5.69 Å². The first-order valence-electron chi connectivity index (χ1n) is 6.91. The van der Waals surface area contributed by atoms with E-state index >= 15 is 0 Å². The van der Waals surface area contributed by atoms with Gasteiger partial charge in [0.1, 0.15) is 0 Å². The van der Waals surface area contributed by atoms with E-state index in [-0.39, 0.29) is 0 Å². The van der Waals surface area contributed by atoms with Gasteiger partial charge in [0, 0.05) is 19.3 Å². The summed E-state index contributed by atoms with van der Waals surface area (Å²) in [6, 6.07) is 6.98. The number of hydrogen-bond donors (Lipinski definition) is 0. The number of aryl methyl sites for hydroxylation is 2. The van der Waals surface area contributed by atoms with Crippen LogP contribution in [0.1, 0.15) is 45.2 Å². The zero-order valence-electron chi connectivity index (χ0n) is 12.1. The fourth-order valence-electron chi connectivity index (χ4n) is 2.08. The summed E-state index contributed by atoms with van der Waals surface area (Å²) in [6.45, 7) is 10.1. The van der Waals surface area contributed by atoms with E-state index in [9.17, 15) is 0 Å². The molecule has 0 radical (unpaired) electrons. The fraction of sp³-hybridized carbons (Fsp3) is 0.625. The van der Waals surface area contributed by atoms with Gasteiger partial charge in [-0.1, -0.05) is 32.9 Å². The van der Waals surface area contributed by atoms with Crippen molar-refractivity contribution in [3.8, 4) is 0 Å². The maximum absolute atomic E-state index is 2.39. The van der Waals surface area contributed by atoms with Crippen molar-refractivity contribution in [1.82, 2.24) is 0 Å². The van der Waals surface area contributed by atoms with Gasteiger partial charge in [-0.2, -0.15) is 0 Å². The lowest BCUT2D eigenvalue weighted by Crippen LogP contribution is -2.17. The molecule has 0 aliphatic carbocycles. The molecule has 1 aromatic rings. The maximum atomic E-state index is 2.39. The van der Waals surface area contributed by atoms with Gasteiger partial charge in [0.15, 0.2) is 0 Å². The monoisotopic (exact) mass is 233 g/mol. The third-order valence-corrected chi connectivity index (χ3v) is 3.42. The van der Waals surface area contributed by atoms with Crippen LogP contribution in [0.25, 0.3) is 0 Å². The molecule has 0 saturated heterocycles. The van der Waals surface area contributed by atoms with Crippen LogP contribution in [0, 0.1) is 5.92 Å². The maximum Gasteiger partial charge on any atom is 0.0396 e. The molecule has 0 aliphatic heterocycles. The second-order valence-corrected chi connectivity index (χ2v) is 5.26. The lowest BCUT2D eigenvalue weighted by atomic mass is 9.99. The minimum atomic E-state index is 0.790. The molecule has 17 heavy (non-hydrogen) atoms. The number of anilines is 1. The summed E-state index contributed by atoms with van der Waals surface area (Å²) >= 11 is 0. The SMILES string of the molecule is CCc1cc(CCC(C)C)ccc1N(C)CC. The number of nitrogens with zero attached hydrogens (tertiary/aromatic N) is 1. The second kappa shape index (κ2) is 6.68. The Labute approximate surface area is 107 Å². The molecular weight excluding hydrogens is 206 g/mol. The average Bonchev–Trinajstić information content (AvgIpc) is 2.34. The Bertz CT molecular complexity index is 341. The molecule has 0 fully saturated rings. The Balaban J connectivity index is 2.84. The normalized spacial score (nSPS) is 10.9. The molecule has 1 rings (SSSR count). The Morgan fingerprint density at radius 3 is 2.41 bits per heavy atom. The van der Waals surface area contributed by atoms with E-state index in [4.69, 9.17) is 0 Å². The molecule has 0 unspecified atom stereocenters. The topological polar surface area (TPSA) is 3.24 Å². The lowest BCUT2D eigenvalue weighted by molar-refractivity contribution is 0.586. The summed E-state index contributed by atoms with van der Waals surface area (Å²) in [6.07, 6.45) is 3.61. The first-order valence-corrected chi connectivity index (χ1v) is 6.91. The van der Waals surface area contributed by atoms with E-state index in [1.165, 1.54) is 29.7 Å². The molecule has 0 atom stereocenters. The van der Waals surface area contributed by atoms with Crippen LogP contribution < -0.4 is 4.90 Å². The van der Waals surface area contributed by atoms with Gasteiger partial charge in [0.2, 0.25) is 0 Å². The van der Waals surface area contributed by atoms with Crippen LogP contribution in [0.15, 0.2) is 18.2 Å². The molecule has 0 heterocycles. The third kappa shape index (κ3) is 4.07. The van der Waals surface area contributed by atoms with Crippen LogP contribution in [0.5, 0.6) is 0 Å². The van der Waals surface area contributed by atoms with Crippen molar-refractivity contribution in [1.29, 1.82) is 0 Å². The van der Waals surface area contributed by atoms with E-state index < -0.39 is 0 Å². The molecule has 0 spiro atoms. The zero-order valence-corrected chi connectivity index (χ0v) is 12.1. The number of hydrogen-bond acceptors (Lipinski definition) is 1. The van der Waals surface area contributed by atoms with Crippen LogP contribution in [-0.4, -0.2) is 13.6 Å². The van der Waals surface area contributed by atoms with E-state index in [2.05, 4.69) is 57.8 Å². The van der Waals surface area contributed by atoms with Crippen molar-refractivity contribution in [3.05, 3.63) is 29.3 Å². The average molecular weight is 233 g/mol. The third-order valence-electron chi connectivity index (χ3n) is 3.42. The van der Waals surface area contributed by atoms with Crippen molar-refractivity contribution < 1.29 is 0 Å². The Hall–Kier alpha value is -0.980. The minimum absolute atomic E-state index is 0.790. The summed E-state index contributed by atoms with van der Waals surface area (Å²) in [5.41, 5.74) is 4.36. The Kier molecular flexibility index (Phi) is 5.54. The van der Waals surface area contributed by atoms with Crippen molar-refractivity contribution in [2.24, 2.45) is 5.92 Å². The second-order valence-electron chi connectivity index (χ2n) is 5.26. The highest BCUT2D eigenvalue weighted by Gasteiger charge is 2.06. The van der Waals surface area contributed by atoms with Gasteiger partial charge in [0.25, 0.3) is 0 Å². The zero-order chi connectivity index (χ0) is 12.8. The summed E-state index contributed by atoms with van der Waals surface area (Å²) in [7, 11) is 2.17. The molecule has 0 aliphatic rings. The standard InChI is InChI=1S/C16H27N/c1-6-15-12-14(9-8-13(3)4)10-11-16(15)17(5)7-2/h10-13H,6-9H2,1-5H3. The molecule has 0 N–H and O–H groups in total. The van der Waals surface area contributed by atoms with E-state index in [0.29, 0.717) is 0 Å². The summed E-state index contributed by atoms with van der Waals surface area (Å²) in [5, 5.41) is 0. The van der Waals surface area contributed by atoms with Gasteiger partial charge in [0.05, 0.1) is 0 Å². The molecule has 1 aromatic carbocycles. The van der Waals surface area contributed by atoms with Crippen LogP contribution in [-0.2, 0) is 12.8 Å². The Morgan fingerprint density at radius 2 is 1.88 bits per heavy atom. The fourth-order valence-corrected chi connectivity index (χ4v) is 2.08. The minimum Gasteiger partial charge on any atom is -0.375 e. The lowest BCUT2D eigenvalue weighted by Gasteiger charge is -2.21. The summed E-state index contributed by atoms with van der Waals surface area (Å²) in [4.78, 5) is 2.32. The predicted molar refractivity (Wildman–Crippen MR) is 77.9 cm³/mol. The summed E-state index contributed by atoms with van der Waals surface area (Å²) in [5.74, 6) is 0.790. The Morgan fingerprint density at radius 1 is 1.18 bits per heavy atom. The van der Waals surface area contributed by atoms with Gasteiger partial charge in [-0.05, 0) is 49.3 Å². The predicted octanol–water partition coefficient (Wildman–Crippen LogP) is 4.29. The highest BCUT2D eigenvalue weighted by Crippen LogP contribution is 2.22. The largest absolute Gasteiger partial charge is 0.375 e. The van der Waals surface area contributed by atoms with Gasteiger partial charge in [-0.3, -0.25) is 0 Å². The van der Waals surface area contributed by atoms with E-state index in [0.717, 1.165) is 18.9 Å². The molecule has 96 valence electrons. The van der Waals surface area contributed by atoms with Gasteiger partial charge >= 0.3 is 0 Å². The molecule has 1 heteroatoms. The van der Waals surface area contributed by atoms with Crippen molar-refractivity contribution in [2.45, 2.75) is 47.0 Å². The molecular formula is C16H27N. The highest BCUT2D eigenvalue weighted by atomic mass is 15.1. The van der Waals surface area contributed by atoms with Crippen LogP contribution in [0.3, 0.4) is 0 Å². The quantitative estimate of drug-likeness (QED) is 0.708. The van der Waals surface area contributed by atoms with Crippen molar-refractivity contribution in [2.75, 3.05) is 18.5 Å². The smallest absolute Gasteiger partial charge is 0.0396 e.